The lowest BCUT2D eigenvalue weighted by atomic mass is 9.92. The van der Waals surface area contributed by atoms with Gasteiger partial charge in [-0.3, -0.25) is 19.6 Å². The number of Topliss-reactive ketones (excluding diaryl/α,β-unsaturated/α-hetero) is 1. The van der Waals surface area contributed by atoms with E-state index in [1.165, 1.54) is 30.0 Å². The lowest BCUT2D eigenvalue weighted by molar-refractivity contribution is 0.0807. The van der Waals surface area contributed by atoms with E-state index in [2.05, 4.69) is 17.3 Å². The van der Waals surface area contributed by atoms with Gasteiger partial charge in [0.25, 0.3) is 5.91 Å². The molecule has 9 heteroatoms. The topological polar surface area (TPSA) is 110 Å². The van der Waals surface area contributed by atoms with E-state index in [4.69, 9.17) is 19.2 Å². The number of hydrogen-bond acceptors (Lipinski definition) is 8. The van der Waals surface area contributed by atoms with E-state index in [-0.39, 0.29) is 41.8 Å². The van der Waals surface area contributed by atoms with Gasteiger partial charge < -0.3 is 24.2 Å². The van der Waals surface area contributed by atoms with E-state index in [0.29, 0.717) is 53.7 Å². The predicted molar refractivity (Wildman–Crippen MR) is 183 cm³/mol. The number of nitrogens with zero attached hydrogens (tertiary/aromatic N) is 3. The third-order valence-electron chi connectivity index (χ3n) is 9.84. The smallest absolute Gasteiger partial charge is 0.259 e. The molecule has 8 rings (SSSR count). The van der Waals surface area contributed by atoms with E-state index in [1.54, 1.807) is 25.5 Å². The summed E-state index contributed by atoms with van der Waals surface area (Å²) in [7, 11) is 1.56. The van der Waals surface area contributed by atoms with Gasteiger partial charge in [-0.25, -0.2) is 0 Å². The maximum absolute atomic E-state index is 13.5. The molecule has 0 radical (unpaired) electrons. The number of fused-ring (bicyclic) bond motifs is 4. The summed E-state index contributed by atoms with van der Waals surface area (Å²) < 4.78 is 17.6. The fourth-order valence-electron chi connectivity index (χ4n) is 7.00. The molecule has 0 bridgehead atoms. The minimum atomic E-state index is -0.567. The zero-order chi connectivity index (χ0) is 32.9. The number of phenols is 1. The van der Waals surface area contributed by atoms with E-state index >= 15 is 0 Å². The molecule has 48 heavy (non-hydrogen) atoms. The number of ether oxygens (including phenoxy) is 3. The zero-order valence-corrected chi connectivity index (χ0v) is 27.0. The molecule has 0 saturated heterocycles. The van der Waals surface area contributed by atoms with Crippen LogP contribution in [-0.4, -0.2) is 66.0 Å². The first-order valence-electron chi connectivity index (χ1n) is 16.6. The molecule has 0 aromatic heterocycles. The Morgan fingerprint density at radius 3 is 2.50 bits per heavy atom. The first-order chi connectivity index (χ1) is 23.4. The van der Waals surface area contributed by atoms with Crippen LogP contribution in [0.4, 0.5) is 5.69 Å². The fraction of sp³-hybridized carbons (Fsp3) is 0.333. The van der Waals surface area contributed by atoms with Crippen LogP contribution >= 0.6 is 0 Å². The van der Waals surface area contributed by atoms with Gasteiger partial charge in [-0.05, 0) is 67.0 Å². The monoisotopic (exact) mass is 643 g/mol. The Hall–Kier alpha value is -5.18. The maximum atomic E-state index is 13.5. The highest BCUT2D eigenvalue weighted by molar-refractivity contribution is 6.13. The Labute approximate surface area is 279 Å². The SMILES string of the molecule is COc1cc2c(cc1OCCCOc1cc3c(cc1O)C(=O)C1N=C(c4ccc(C)cc4)C[C@H]1C=N3)C=C[C@@H]1CC(C3CC3)=CN1C2=O. The van der Waals surface area contributed by atoms with Crippen LogP contribution in [0.2, 0.25) is 0 Å². The number of ketones is 1. The van der Waals surface area contributed by atoms with E-state index < -0.39 is 6.04 Å². The number of amides is 1. The molecule has 1 N–H and O–H groups in total. The molecule has 244 valence electrons. The molecule has 4 aliphatic heterocycles. The summed E-state index contributed by atoms with van der Waals surface area (Å²) in [6, 6.07) is 14.3. The average molecular weight is 644 g/mol. The van der Waals surface area contributed by atoms with Gasteiger partial charge in [0, 0.05) is 48.5 Å². The number of hydrogen-bond donors (Lipinski definition) is 1. The Kier molecular flexibility index (Phi) is 7.62. The average Bonchev–Trinajstić information content (AvgIpc) is 3.77. The number of benzene rings is 3. The summed E-state index contributed by atoms with van der Waals surface area (Å²) in [6.07, 6.45) is 12.4. The molecule has 1 unspecified atom stereocenters. The molecule has 1 aliphatic carbocycles. The fourth-order valence-corrected chi connectivity index (χ4v) is 7.00. The van der Waals surface area contributed by atoms with Crippen LogP contribution in [0.3, 0.4) is 0 Å². The quantitative estimate of drug-likeness (QED) is 0.255. The minimum Gasteiger partial charge on any atom is -0.504 e. The Bertz CT molecular complexity index is 1940. The van der Waals surface area contributed by atoms with Crippen LogP contribution in [0.5, 0.6) is 23.0 Å². The van der Waals surface area contributed by atoms with Gasteiger partial charge in [-0.1, -0.05) is 42.0 Å². The van der Waals surface area contributed by atoms with Crippen molar-refractivity contribution in [2.75, 3.05) is 20.3 Å². The predicted octanol–water partition coefficient (Wildman–Crippen LogP) is 6.87. The molecule has 3 atom stereocenters. The molecule has 1 saturated carbocycles. The van der Waals surface area contributed by atoms with Gasteiger partial charge in [-0.15, -0.1) is 0 Å². The van der Waals surface area contributed by atoms with Crippen LogP contribution in [0.25, 0.3) is 6.08 Å². The molecule has 1 amide bonds. The molecule has 4 heterocycles. The molecule has 5 aliphatic rings. The molecular formula is C39H37N3O6. The van der Waals surface area contributed by atoms with Crippen molar-refractivity contribution < 1.29 is 28.9 Å². The summed E-state index contributed by atoms with van der Waals surface area (Å²) in [5.41, 5.74) is 6.64. The molecular weight excluding hydrogens is 606 g/mol. The number of aryl methyl sites for hydroxylation is 1. The summed E-state index contributed by atoms with van der Waals surface area (Å²) in [6.45, 7) is 2.62. The standard InChI is InChI=1S/C39H37N3O6/c1-22-4-6-24(7-5-22)31-15-26-20-40-32-19-34(33(43)17-30(32)38(44)37(26)41-31)47-12-3-13-48-36-16-25-10-11-28-14-27(23-8-9-23)21-42(28)39(45)29(25)18-35(36)46-2/h4-7,10-11,16-21,23,26,28,37,43H,3,8-9,12-15H2,1-2H3/t26-,28+,37?/m0/s1. The lowest BCUT2D eigenvalue weighted by Gasteiger charge is -2.20. The number of aliphatic imine (C=N–C) groups is 2. The molecule has 3 aromatic carbocycles. The van der Waals surface area contributed by atoms with Crippen molar-refractivity contribution in [3.8, 4) is 23.0 Å². The first-order valence-corrected chi connectivity index (χ1v) is 16.6. The van der Waals surface area contributed by atoms with Crippen LogP contribution in [0, 0.1) is 18.8 Å². The Morgan fingerprint density at radius 2 is 1.73 bits per heavy atom. The van der Waals surface area contributed by atoms with Crippen LogP contribution < -0.4 is 14.2 Å². The van der Waals surface area contributed by atoms with Crippen molar-refractivity contribution >= 4 is 35.4 Å². The second-order valence-electron chi connectivity index (χ2n) is 13.2. The molecule has 9 nitrogen and oxygen atoms in total. The van der Waals surface area contributed by atoms with Crippen LogP contribution in [0.1, 0.15) is 69.5 Å². The third kappa shape index (κ3) is 5.57. The van der Waals surface area contributed by atoms with Gasteiger partial charge in [0.2, 0.25) is 0 Å². The summed E-state index contributed by atoms with van der Waals surface area (Å²) in [5, 5.41) is 10.8. The summed E-state index contributed by atoms with van der Waals surface area (Å²) in [4.78, 5) is 38.3. The second kappa shape index (κ2) is 12.1. The van der Waals surface area contributed by atoms with E-state index in [0.717, 1.165) is 23.3 Å². The largest absolute Gasteiger partial charge is 0.504 e. The number of carbonyl (C=O) groups is 2. The van der Waals surface area contributed by atoms with Crippen molar-refractivity contribution in [1.82, 2.24) is 4.90 Å². The van der Waals surface area contributed by atoms with Gasteiger partial charge in [0.1, 0.15) is 6.04 Å². The molecule has 1 fully saturated rings. The third-order valence-corrected chi connectivity index (χ3v) is 9.84. The highest BCUT2D eigenvalue weighted by Crippen LogP contribution is 2.44. The van der Waals surface area contributed by atoms with Crippen molar-refractivity contribution in [2.24, 2.45) is 21.8 Å². The van der Waals surface area contributed by atoms with Gasteiger partial charge in [-0.2, -0.15) is 0 Å². The van der Waals surface area contributed by atoms with Gasteiger partial charge in [0.15, 0.2) is 28.8 Å². The number of phenolic OH excluding ortho intramolecular Hbond substituents is 1. The van der Waals surface area contributed by atoms with Crippen molar-refractivity contribution in [1.29, 1.82) is 0 Å². The second-order valence-corrected chi connectivity index (χ2v) is 13.2. The normalized spacial score (nSPS) is 22.2. The number of aromatic hydroxyl groups is 1. The number of carbonyl (C=O) groups excluding carboxylic acids is 2. The first kappa shape index (κ1) is 30.2. The van der Waals surface area contributed by atoms with Gasteiger partial charge in [0.05, 0.1) is 37.6 Å². The summed E-state index contributed by atoms with van der Waals surface area (Å²) >= 11 is 0. The van der Waals surface area contributed by atoms with E-state index in [9.17, 15) is 14.7 Å². The minimum absolute atomic E-state index is 0.0246. The highest BCUT2D eigenvalue weighted by atomic mass is 16.5. The van der Waals surface area contributed by atoms with Crippen molar-refractivity contribution in [3.63, 3.8) is 0 Å². The lowest BCUT2D eigenvalue weighted by Crippen LogP contribution is -2.30. The Morgan fingerprint density at radius 1 is 0.938 bits per heavy atom. The Balaban J connectivity index is 0.902. The number of methoxy groups -OCH3 is 1. The molecule has 0 spiro atoms. The summed E-state index contributed by atoms with van der Waals surface area (Å²) in [5.74, 6) is 1.48. The highest BCUT2D eigenvalue weighted by Gasteiger charge is 2.39. The molecule has 3 aromatic rings. The van der Waals surface area contributed by atoms with Crippen molar-refractivity contribution in [2.45, 2.75) is 51.1 Å². The maximum Gasteiger partial charge on any atom is 0.259 e. The van der Waals surface area contributed by atoms with Crippen LogP contribution in [0.15, 0.2) is 76.4 Å². The van der Waals surface area contributed by atoms with E-state index in [1.807, 2.05) is 48.2 Å². The van der Waals surface area contributed by atoms with Gasteiger partial charge >= 0.3 is 0 Å². The number of rotatable bonds is 9. The van der Waals surface area contributed by atoms with Crippen molar-refractivity contribution in [3.05, 3.63) is 94.2 Å². The zero-order valence-electron chi connectivity index (χ0n) is 27.0. The van der Waals surface area contributed by atoms with Crippen LogP contribution in [-0.2, 0) is 0 Å².